The average molecular weight is 445 g/mol. The Hall–Kier alpha value is -1.77. The number of halogens is 1. The molecule has 1 aromatic rings. The molecule has 2 rings (SSSR count). The fourth-order valence-corrected chi connectivity index (χ4v) is 4.68. The van der Waals surface area contributed by atoms with Crippen molar-refractivity contribution < 1.29 is 33.3 Å². The predicted molar refractivity (Wildman–Crippen MR) is 108 cm³/mol. The highest BCUT2D eigenvalue weighted by Crippen LogP contribution is 2.37. The van der Waals surface area contributed by atoms with Gasteiger partial charge in [-0.05, 0) is 11.6 Å². The van der Waals surface area contributed by atoms with E-state index in [1.54, 1.807) is 6.07 Å². The lowest BCUT2D eigenvalue weighted by Crippen LogP contribution is -2.56. The zero-order chi connectivity index (χ0) is 21.6. The van der Waals surface area contributed by atoms with E-state index in [0.717, 1.165) is 5.56 Å². The third-order valence-electron chi connectivity index (χ3n) is 4.40. The van der Waals surface area contributed by atoms with Crippen molar-refractivity contribution in [2.24, 2.45) is 5.92 Å². The van der Waals surface area contributed by atoms with Gasteiger partial charge in [0.1, 0.15) is 30.4 Å². The Morgan fingerprint density at radius 3 is 2.24 bits per heavy atom. The van der Waals surface area contributed by atoms with E-state index in [1.807, 2.05) is 25.1 Å². The minimum atomic E-state index is -0.728. The molecular formula is C20H25ClO7S. The van der Waals surface area contributed by atoms with Crippen LogP contribution in [0.25, 0.3) is 0 Å². The number of rotatable bonds is 7. The third kappa shape index (κ3) is 6.90. The van der Waals surface area contributed by atoms with E-state index in [0.29, 0.717) is 10.8 Å². The van der Waals surface area contributed by atoms with Crippen LogP contribution in [-0.2, 0) is 39.1 Å². The fraction of sp³-hybridized carbons (Fsp3) is 0.550. The van der Waals surface area contributed by atoms with E-state index in [9.17, 15) is 14.4 Å². The van der Waals surface area contributed by atoms with Crippen LogP contribution in [0.2, 0.25) is 5.02 Å². The zero-order valence-corrected chi connectivity index (χ0v) is 18.3. The van der Waals surface area contributed by atoms with Crippen LogP contribution in [0.4, 0.5) is 0 Å². The highest BCUT2D eigenvalue weighted by atomic mass is 35.5. The molecule has 7 nitrogen and oxygen atoms in total. The van der Waals surface area contributed by atoms with Crippen molar-refractivity contribution in [2.75, 3.05) is 6.61 Å². The van der Waals surface area contributed by atoms with Crippen molar-refractivity contribution >= 4 is 41.3 Å². The van der Waals surface area contributed by atoms with Crippen LogP contribution >= 0.6 is 23.4 Å². The number of esters is 3. The molecule has 0 amide bonds. The number of benzene rings is 1. The number of hydrogen-bond donors (Lipinski definition) is 0. The van der Waals surface area contributed by atoms with Gasteiger partial charge >= 0.3 is 17.9 Å². The Labute approximate surface area is 179 Å². The molecule has 1 fully saturated rings. The number of ether oxygens (including phenoxy) is 4. The van der Waals surface area contributed by atoms with Gasteiger partial charge in [-0.2, -0.15) is 0 Å². The highest BCUT2D eigenvalue weighted by Gasteiger charge is 2.47. The predicted octanol–water partition coefficient (Wildman–Crippen LogP) is 3.36. The van der Waals surface area contributed by atoms with Gasteiger partial charge in [0.05, 0.1) is 0 Å². The number of hydrogen-bond acceptors (Lipinski definition) is 8. The van der Waals surface area contributed by atoms with Crippen LogP contribution in [0.3, 0.4) is 0 Å². The largest absolute Gasteiger partial charge is 0.463 e. The first kappa shape index (κ1) is 23.5. The van der Waals surface area contributed by atoms with Gasteiger partial charge in [0.15, 0.2) is 0 Å². The molecule has 0 N–H and O–H groups in total. The second kappa shape index (κ2) is 10.8. The summed E-state index contributed by atoms with van der Waals surface area (Å²) in [6.07, 6.45) is -2.07. The first-order chi connectivity index (χ1) is 13.7. The summed E-state index contributed by atoms with van der Waals surface area (Å²) in [5.41, 5.74) is 0.355. The first-order valence-electron chi connectivity index (χ1n) is 9.17. The standard InChI is InChI=1S/C20H25ClO7S/c1-11-18(26-13(3)23)17(9-25-12(2)22)28-20(19(11)27-14(4)24)29-10-15-7-5-6-8-16(15)21/h5-8,11,17-20H,9-10H2,1-4H3/t11?,17?,18-,19?,20-/m1/s1. The van der Waals surface area contributed by atoms with Crippen LogP contribution in [-0.4, -0.2) is 48.3 Å². The maximum Gasteiger partial charge on any atom is 0.303 e. The molecular weight excluding hydrogens is 420 g/mol. The Kier molecular flexibility index (Phi) is 8.79. The van der Waals surface area contributed by atoms with Gasteiger partial charge < -0.3 is 18.9 Å². The van der Waals surface area contributed by atoms with Crippen molar-refractivity contribution in [3.05, 3.63) is 34.9 Å². The second-order valence-electron chi connectivity index (χ2n) is 6.76. The molecule has 0 aromatic heterocycles. The van der Waals surface area contributed by atoms with E-state index < -0.39 is 41.7 Å². The van der Waals surface area contributed by atoms with Crippen molar-refractivity contribution in [1.82, 2.24) is 0 Å². The maximum atomic E-state index is 11.7. The molecule has 5 atom stereocenters. The molecule has 1 saturated heterocycles. The summed E-state index contributed by atoms with van der Waals surface area (Å²) in [6, 6.07) is 7.43. The van der Waals surface area contributed by atoms with Gasteiger partial charge in [-0.25, -0.2) is 0 Å². The van der Waals surface area contributed by atoms with Gasteiger partial charge in [-0.15, -0.1) is 11.8 Å². The van der Waals surface area contributed by atoms with Crippen LogP contribution in [0.5, 0.6) is 0 Å². The molecule has 1 heterocycles. The van der Waals surface area contributed by atoms with Crippen molar-refractivity contribution in [3.8, 4) is 0 Å². The Balaban J connectivity index is 2.22. The zero-order valence-electron chi connectivity index (χ0n) is 16.8. The summed E-state index contributed by atoms with van der Waals surface area (Å²) in [5, 5.41) is 0.627. The van der Waals surface area contributed by atoms with E-state index in [4.69, 9.17) is 30.5 Å². The Morgan fingerprint density at radius 1 is 1.03 bits per heavy atom. The van der Waals surface area contributed by atoms with Gasteiger partial charge in [-0.1, -0.05) is 36.7 Å². The first-order valence-corrected chi connectivity index (χ1v) is 10.6. The lowest BCUT2D eigenvalue weighted by atomic mass is 9.91. The molecule has 1 aliphatic heterocycles. The van der Waals surface area contributed by atoms with Crippen molar-refractivity contribution in [1.29, 1.82) is 0 Å². The monoisotopic (exact) mass is 444 g/mol. The summed E-state index contributed by atoms with van der Waals surface area (Å²) >= 11 is 7.64. The minimum absolute atomic E-state index is 0.0758. The molecule has 29 heavy (non-hydrogen) atoms. The molecule has 0 radical (unpaired) electrons. The average Bonchev–Trinajstić information content (AvgIpc) is 2.63. The number of carbonyl (C=O) groups is 3. The van der Waals surface area contributed by atoms with Crippen LogP contribution in [0.15, 0.2) is 24.3 Å². The molecule has 0 saturated carbocycles. The van der Waals surface area contributed by atoms with Gasteiger partial charge in [0.2, 0.25) is 0 Å². The summed E-state index contributed by atoms with van der Waals surface area (Å²) in [7, 11) is 0. The summed E-state index contributed by atoms with van der Waals surface area (Å²) in [6.45, 7) is 5.63. The fourth-order valence-electron chi connectivity index (χ4n) is 3.08. The quantitative estimate of drug-likeness (QED) is 0.467. The van der Waals surface area contributed by atoms with E-state index >= 15 is 0 Å². The molecule has 0 bridgehead atoms. The van der Waals surface area contributed by atoms with Gasteiger partial charge in [0.25, 0.3) is 0 Å². The SMILES string of the molecule is CC(=O)OCC1O[C@H](SCc2ccccc2Cl)C(OC(C)=O)C(C)[C@H]1OC(C)=O. The summed E-state index contributed by atoms with van der Waals surface area (Å²) in [5.74, 6) is -1.28. The lowest BCUT2D eigenvalue weighted by molar-refractivity contribution is -0.212. The van der Waals surface area contributed by atoms with E-state index in [1.165, 1.54) is 32.5 Å². The third-order valence-corrected chi connectivity index (χ3v) is 5.95. The van der Waals surface area contributed by atoms with Crippen molar-refractivity contribution in [2.45, 2.75) is 57.2 Å². The lowest BCUT2D eigenvalue weighted by Gasteiger charge is -2.44. The molecule has 1 aromatic carbocycles. The molecule has 3 unspecified atom stereocenters. The topological polar surface area (TPSA) is 88.1 Å². The molecule has 160 valence electrons. The molecule has 9 heteroatoms. The summed E-state index contributed by atoms with van der Waals surface area (Å²) in [4.78, 5) is 34.5. The normalized spacial score (nSPS) is 26.4. The second-order valence-corrected chi connectivity index (χ2v) is 8.25. The van der Waals surface area contributed by atoms with Gasteiger partial charge in [-0.3, -0.25) is 14.4 Å². The molecule has 0 spiro atoms. The Bertz CT molecular complexity index is 739. The molecule has 1 aliphatic rings. The smallest absolute Gasteiger partial charge is 0.303 e. The van der Waals surface area contributed by atoms with Gasteiger partial charge in [0, 0.05) is 37.5 Å². The maximum absolute atomic E-state index is 11.7. The Morgan fingerprint density at radius 2 is 1.66 bits per heavy atom. The van der Waals surface area contributed by atoms with Crippen LogP contribution < -0.4 is 0 Å². The number of thioether (sulfide) groups is 1. The minimum Gasteiger partial charge on any atom is -0.463 e. The van der Waals surface area contributed by atoms with Crippen LogP contribution in [0, 0.1) is 5.92 Å². The van der Waals surface area contributed by atoms with E-state index in [2.05, 4.69) is 0 Å². The summed E-state index contributed by atoms with van der Waals surface area (Å²) < 4.78 is 22.1. The molecule has 0 aliphatic carbocycles. The van der Waals surface area contributed by atoms with Crippen LogP contribution in [0.1, 0.15) is 33.3 Å². The highest BCUT2D eigenvalue weighted by molar-refractivity contribution is 7.99. The number of carbonyl (C=O) groups excluding carboxylic acids is 3. The van der Waals surface area contributed by atoms with Crippen molar-refractivity contribution in [3.63, 3.8) is 0 Å². The van der Waals surface area contributed by atoms with E-state index in [-0.39, 0.29) is 12.5 Å².